The fourth-order valence-electron chi connectivity index (χ4n) is 2.63. The third kappa shape index (κ3) is 2.49. The molecule has 4 heteroatoms. The zero-order valence-electron chi connectivity index (χ0n) is 11.1. The van der Waals surface area contributed by atoms with E-state index in [1.807, 2.05) is 24.3 Å². The Balaban J connectivity index is 1.66. The Kier molecular flexibility index (Phi) is 3.25. The summed E-state index contributed by atoms with van der Waals surface area (Å²) in [4.78, 5) is 14.3. The molecule has 1 amide bonds. The van der Waals surface area contributed by atoms with Crippen molar-refractivity contribution in [2.75, 3.05) is 20.1 Å². The van der Waals surface area contributed by atoms with Gasteiger partial charge in [-0.15, -0.1) is 0 Å². The summed E-state index contributed by atoms with van der Waals surface area (Å²) in [6.45, 7) is 1.80. The predicted molar refractivity (Wildman–Crippen MR) is 74.2 cm³/mol. The lowest BCUT2D eigenvalue weighted by atomic mass is 10.2. The monoisotopic (exact) mass is 258 g/mol. The SMILES string of the molecule is CN1CCCC1CNC(=O)c1cc2ccccc2o1. The Bertz CT molecular complexity index is 558. The number of likely N-dealkylation sites (N-methyl/N-ethyl adjacent to an activating group) is 1. The first-order valence-corrected chi connectivity index (χ1v) is 6.71. The maximum Gasteiger partial charge on any atom is 0.287 e. The van der Waals surface area contributed by atoms with E-state index in [2.05, 4.69) is 17.3 Å². The van der Waals surface area contributed by atoms with E-state index in [4.69, 9.17) is 4.42 Å². The van der Waals surface area contributed by atoms with Crippen LogP contribution in [0.2, 0.25) is 0 Å². The van der Waals surface area contributed by atoms with E-state index >= 15 is 0 Å². The molecule has 1 atom stereocenters. The Morgan fingerprint density at radius 2 is 2.32 bits per heavy atom. The van der Waals surface area contributed by atoms with Crippen LogP contribution < -0.4 is 5.32 Å². The van der Waals surface area contributed by atoms with Crippen LogP contribution in [-0.4, -0.2) is 37.0 Å². The number of para-hydroxylation sites is 1. The van der Waals surface area contributed by atoms with Crippen molar-refractivity contribution < 1.29 is 9.21 Å². The Labute approximate surface area is 112 Å². The molecular weight excluding hydrogens is 240 g/mol. The molecule has 0 bridgehead atoms. The number of amides is 1. The highest BCUT2D eigenvalue weighted by Gasteiger charge is 2.22. The molecule has 4 nitrogen and oxygen atoms in total. The highest BCUT2D eigenvalue weighted by atomic mass is 16.3. The van der Waals surface area contributed by atoms with Crippen LogP contribution in [0.25, 0.3) is 11.0 Å². The summed E-state index contributed by atoms with van der Waals surface area (Å²) in [6.07, 6.45) is 2.36. The molecule has 3 rings (SSSR count). The molecule has 1 aliphatic heterocycles. The molecular formula is C15H18N2O2. The zero-order chi connectivity index (χ0) is 13.2. The minimum Gasteiger partial charge on any atom is -0.451 e. The molecule has 0 aliphatic carbocycles. The molecule has 2 aromatic rings. The van der Waals surface area contributed by atoms with Crippen LogP contribution in [0.5, 0.6) is 0 Å². The van der Waals surface area contributed by atoms with Crippen LogP contribution >= 0.6 is 0 Å². The number of carbonyl (C=O) groups excluding carboxylic acids is 1. The van der Waals surface area contributed by atoms with Crippen LogP contribution in [0.3, 0.4) is 0 Å². The molecule has 2 heterocycles. The normalized spacial score (nSPS) is 19.9. The van der Waals surface area contributed by atoms with Gasteiger partial charge in [0.15, 0.2) is 5.76 Å². The van der Waals surface area contributed by atoms with E-state index in [1.54, 1.807) is 6.07 Å². The topological polar surface area (TPSA) is 45.5 Å². The summed E-state index contributed by atoms with van der Waals surface area (Å²) in [7, 11) is 2.10. The number of fused-ring (bicyclic) bond motifs is 1. The fourth-order valence-corrected chi connectivity index (χ4v) is 2.63. The number of rotatable bonds is 3. The predicted octanol–water partition coefficient (Wildman–Crippen LogP) is 2.26. The highest BCUT2D eigenvalue weighted by molar-refractivity contribution is 5.96. The Morgan fingerprint density at radius 1 is 1.47 bits per heavy atom. The van der Waals surface area contributed by atoms with Gasteiger partial charge < -0.3 is 14.6 Å². The van der Waals surface area contributed by atoms with Gasteiger partial charge in [-0.25, -0.2) is 0 Å². The first-order chi connectivity index (χ1) is 9.24. The summed E-state index contributed by atoms with van der Waals surface area (Å²) < 4.78 is 5.55. The molecule has 1 aromatic carbocycles. The minimum absolute atomic E-state index is 0.128. The summed E-state index contributed by atoms with van der Waals surface area (Å²) in [5, 5.41) is 3.92. The first-order valence-electron chi connectivity index (χ1n) is 6.71. The molecule has 100 valence electrons. The van der Waals surface area contributed by atoms with Crippen molar-refractivity contribution in [3.63, 3.8) is 0 Å². The van der Waals surface area contributed by atoms with Crippen molar-refractivity contribution in [3.05, 3.63) is 36.1 Å². The van der Waals surface area contributed by atoms with Crippen LogP contribution in [0, 0.1) is 0 Å². The summed E-state index contributed by atoms with van der Waals surface area (Å²) in [6, 6.07) is 9.90. The molecule has 0 radical (unpaired) electrons. The number of hydrogen-bond donors (Lipinski definition) is 1. The van der Waals surface area contributed by atoms with Crippen molar-refractivity contribution in [3.8, 4) is 0 Å². The largest absolute Gasteiger partial charge is 0.451 e. The molecule has 0 saturated carbocycles. The van der Waals surface area contributed by atoms with Crippen molar-refractivity contribution in [2.45, 2.75) is 18.9 Å². The second-order valence-corrected chi connectivity index (χ2v) is 5.14. The number of carbonyl (C=O) groups is 1. The third-order valence-corrected chi connectivity index (χ3v) is 3.82. The number of furan rings is 1. The van der Waals surface area contributed by atoms with Crippen molar-refractivity contribution in [2.24, 2.45) is 0 Å². The van der Waals surface area contributed by atoms with Crippen molar-refractivity contribution in [1.29, 1.82) is 0 Å². The molecule has 1 saturated heterocycles. The van der Waals surface area contributed by atoms with Gasteiger partial charge in [0, 0.05) is 18.0 Å². The Morgan fingerprint density at radius 3 is 3.05 bits per heavy atom. The van der Waals surface area contributed by atoms with E-state index in [1.165, 1.54) is 6.42 Å². The maximum absolute atomic E-state index is 12.1. The average molecular weight is 258 g/mol. The van der Waals surface area contributed by atoms with E-state index in [0.717, 1.165) is 23.9 Å². The van der Waals surface area contributed by atoms with Crippen LogP contribution in [0.1, 0.15) is 23.4 Å². The lowest BCUT2D eigenvalue weighted by Crippen LogP contribution is -2.38. The van der Waals surface area contributed by atoms with Crippen molar-refractivity contribution in [1.82, 2.24) is 10.2 Å². The molecule has 0 spiro atoms. The van der Waals surface area contributed by atoms with E-state index in [9.17, 15) is 4.79 Å². The number of benzene rings is 1. The van der Waals surface area contributed by atoms with Gasteiger partial charge in [-0.05, 0) is 38.6 Å². The van der Waals surface area contributed by atoms with Crippen molar-refractivity contribution >= 4 is 16.9 Å². The van der Waals surface area contributed by atoms with Crippen LogP contribution in [0.4, 0.5) is 0 Å². The molecule has 1 aromatic heterocycles. The van der Waals surface area contributed by atoms with Gasteiger partial charge in [-0.1, -0.05) is 18.2 Å². The highest BCUT2D eigenvalue weighted by Crippen LogP contribution is 2.19. The van der Waals surface area contributed by atoms with E-state index in [0.29, 0.717) is 18.3 Å². The van der Waals surface area contributed by atoms with E-state index < -0.39 is 0 Å². The lowest BCUT2D eigenvalue weighted by molar-refractivity contribution is 0.0918. The molecule has 19 heavy (non-hydrogen) atoms. The Hall–Kier alpha value is -1.81. The first kappa shape index (κ1) is 12.2. The average Bonchev–Trinajstić information content (AvgIpc) is 3.01. The van der Waals surface area contributed by atoms with Gasteiger partial charge in [-0.2, -0.15) is 0 Å². The summed E-state index contributed by atoms with van der Waals surface area (Å²) >= 11 is 0. The molecule has 1 N–H and O–H groups in total. The van der Waals surface area contributed by atoms with Gasteiger partial charge in [0.2, 0.25) is 0 Å². The number of nitrogens with zero attached hydrogens (tertiary/aromatic N) is 1. The second kappa shape index (κ2) is 5.05. The molecule has 1 aliphatic rings. The molecule has 1 unspecified atom stereocenters. The standard InChI is InChI=1S/C15H18N2O2/c1-17-8-4-6-12(17)10-16-15(18)14-9-11-5-2-3-7-13(11)19-14/h2-3,5,7,9,12H,4,6,8,10H2,1H3,(H,16,18). The van der Waals surface area contributed by atoms with Gasteiger partial charge in [0.1, 0.15) is 5.58 Å². The maximum atomic E-state index is 12.1. The van der Waals surface area contributed by atoms with Gasteiger partial charge in [-0.3, -0.25) is 4.79 Å². The fraction of sp³-hybridized carbons (Fsp3) is 0.400. The van der Waals surface area contributed by atoms with Crippen LogP contribution in [-0.2, 0) is 0 Å². The van der Waals surface area contributed by atoms with Gasteiger partial charge >= 0.3 is 0 Å². The van der Waals surface area contributed by atoms with Crippen LogP contribution in [0.15, 0.2) is 34.7 Å². The number of nitrogens with one attached hydrogen (secondary N) is 1. The van der Waals surface area contributed by atoms with E-state index in [-0.39, 0.29) is 5.91 Å². The van der Waals surface area contributed by atoms with Gasteiger partial charge in [0.25, 0.3) is 5.91 Å². The molecule has 1 fully saturated rings. The number of likely N-dealkylation sites (tertiary alicyclic amines) is 1. The lowest BCUT2D eigenvalue weighted by Gasteiger charge is -2.19. The zero-order valence-corrected chi connectivity index (χ0v) is 11.1. The quantitative estimate of drug-likeness (QED) is 0.918. The number of hydrogen-bond acceptors (Lipinski definition) is 3. The minimum atomic E-state index is -0.128. The summed E-state index contributed by atoms with van der Waals surface area (Å²) in [5.74, 6) is 0.262. The summed E-state index contributed by atoms with van der Waals surface area (Å²) in [5.41, 5.74) is 0.755. The van der Waals surface area contributed by atoms with Gasteiger partial charge in [0.05, 0.1) is 0 Å². The third-order valence-electron chi connectivity index (χ3n) is 3.82. The second-order valence-electron chi connectivity index (χ2n) is 5.14. The smallest absolute Gasteiger partial charge is 0.287 e.